The third-order valence-electron chi connectivity index (χ3n) is 9.12. The Morgan fingerprint density at radius 1 is 0.500 bits per heavy atom. The molecule has 0 radical (unpaired) electrons. The predicted molar refractivity (Wildman–Crippen MR) is 187 cm³/mol. The fourth-order valence-corrected chi connectivity index (χ4v) is 8.18. The van der Waals surface area contributed by atoms with E-state index in [1.807, 2.05) is 48.2 Å². The Morgan fingerprint density at radius 2 is 1.04 bits per heavy atom. The highest BCUT2D eigenvalue weighted by atomic mass is 32.2. The summed E-state index contributed by atoms with van der Waals surface area (Å²) in [5.74, 6) is 0. The monoisotopic (exact) mass is 607 g/mol. The molecule has 46 heavy (non-hydrogen) atoms. The summed E-state index contributed by atoms with van der Waals surface area (Å²) in [5, 5.41) is 23.6. The van der Waals surface area contributed by atoms with E-state index in [0.717, 1.165) is 40.6 Å². The molecular formula is C40H25N5S. The molecule has 0 unspecified atom stereocenters. The second kappa shape index (κ2) is 10.3. The summed E-state index contributed by atoms with van der Waals surface area (Å²) < 4.78 is 4.70. The SMILES string of the molecule is N#Cc1ccc2c(c1)c1cc(C#N)ccc1n2-c1ccc2c(c1)c1ccccc1n2CCN1c2ccccc2Sc2ccccc21. The van der Waals surface area contributed by atoms with Crippen molar-refractivity contribution in [2.75, 3.05) is 11.4 Å². The summed E-state index contributed by atoms with van der Waals surface area (Å²) in [4.78, 5) is 5.02. The standard InChI is InChI=1S/C40H25N5S/c41-24-26-13-16-35-30(21-26)31-22-27(25-42)14-17-36(31)45(35)28-15-18-34-32(23-28)29-7-1-2-8-33(29)43(34)19-20-44-37-9-3-5-11-39(37)46-40-12-6-4-10-38(40)44/h1-18,21-23H,19-20H2. The molecule has 1 aliphatic rings. The van der Waals surface area contributed by atoms with E-state index in [1.165, 1.54) is 43.0 Å². The van der Waals surface area contributed by atoms with Crippen LogP contribution in [-0.4, -0.2) is 15.7 Å². The van der Waals surface area contributed by atoms with Gasteiger partial charge in [0.05, 0.1) is 45.7 Å². The lowest BCUT2D eigenvalue weighted by Crippen LogP contribution is -2.25. The molecule has 5 nitrogen and oxygen atoms in total. The van der Waals surface area contributed by atoms with Crippen LogP contribution in [0.25, 0.3) is 49.3 Å². The van der Waals surface area contributed by atoms with Crippen molar-refractivity contribution in [3.05, 3.63) is 139 Å². The Hall–Kier alpha value is -5.95. The van der Waals surface area contributed by atoms with Gasteiger partial charge in [0.1, 0.15) is 0 Å². The number of nitrogens with zero attached hydrogens (tertiary/aromatic N) is 5. The number of hydrogen-bond acceptors (Lipinski definition) is 4. The minimum absolute atomic E-state index is 0.602. The Bertz CT molecular complexity index is 2500. The van der Waals surface area contributed by atoms with Crippen molar-refractivity contribution < 1.29 is 0 Å². The van der Waals surface area contributed by atoms with Crippen molar-refractivity contribution in [1.29, 1.82) is 10.5 Å². The molecule has 0 N–H and O–H groups in total. The molecule has 0 bridgehead atoms. The zero-order valence-electron chi connectivity index (χ0n) is 24.7. The van der Waals surface area contributed by atoms with Gasteiger partial charge >= 0.3 is 0 Å². The fraction of sp³-hybridized carbons (Fsp3) is 0.0500. The van der Waals surface area contributed by atoms with Crippen molar-refractivity contribution in [3.8, 4) is 17.8 Å². The summed E-state index contributed by atoms with van der Waals surface area (Å²) in [6, 6.07) is 48.9. The van der Waals surface area contributed by atoms with Crippen LogP contribution in [0.2, 0.25) is 0 Å². The van der Waals surface area contributed by atoms with Crippen LogP contribution in [0.3, 0.4) is 0 Å². The van der Waals surface area contributed by atoms with Crippen LogP contribution < -0.4 is 4.90 Å². The molecule has 1 aliphatic heterocycles. The van der Waals surface area contributed by atoms with Crippen molar-refractivity contribution in [2.45, 2.75) is 16.3 Å². The maximum atomic E-state index is 9.62. The zero-order valence-corrected chi connectivity index (χ0v) is 25.5. The highest BCUT2D eigenvalue weighted by molar-refractivity contribution is 7.99. The Kier molecular flexibility index (Phi) is 5.93. The second-order valence-electron chi connectivity index (χ2n) is 11.6. The van der Waals surface area contributed by atoms with Crippen LogP contribution in [0, 0.1) is 22.7 Å². The number of para-hydroxylation sites is 3. The fourth-order valence-electron chi connectivity index (χ4n) is 7.08. The van der Waals surface area contributed by atoms with E-state index in [9.17, 15) is 10.5 Å². The van der Waals surface area contributed by atoms with Gasteiger partial charge < -0.3 is 14.0 Å². The number of nitriles is 2. The summed E-state index contributed by atoms with van der Waals surface area (Å²) in [6.07, 6.45) is 0. The van der Waals surface area contributed by atoms with Gasteiger partial charge in [0, 0.05) is 61.1 Å². The lowest BCUT2D eigenvalue weighted by atomic mass is 10.1. The molecule has 6 heteroatoms. The molecule has 0 fully saturated rings. The van der Waals surface area contributed by atoms with Gasteiger partial charge in [0.15, 0.2) is 0 Å². The molecule has 2 aromatic heterocycles. The minimum atomic E-state index is 0.602. The second-order valence-corrected chi connectivity index (χ2v) is 12.7. The first-order valence-electron chi connectivity index (χ1n) is 15.2. The van der Waals surface area contributed by atoms with E-state index < -0.39 is 0 Å². The van der Waals surface area contributed by atoms with Gasteiger partial charge in [-0.15, -0.1) is 0 Å². The number of anilines is 2. The topological polar surface area (TPSA) is 60.7 Å². The molecule has 6 aromatic carbocycles. The van der Waals surface area contributed by atoms with Crippen molar-refractivity contribution in [1.82, 2.24) is 9.13 Å². The third-order valence-corrected chi connectivity index (χ3v) is 10.2. The number of hydrogen-bond donors (Lipinski definition) is 0. The average molecular weight is 608 g/mol. The lowest BCUT2D eigenvalue weighted by Gasteiger charge is -2.33. The normalized spacial score (nSPS) is 12.3. The number of rotatable bonds is 4. The van der Waals surface area contributed by atoms with E-state index in [1.54, 1.807) is 0 Å². The molecular weight excluding hydrogens is 583 g/mol. The highest BCUT2D eigenvalue weighted by Gasteiger charge is 2.23. The lowest BCUT2D eigenvalue weighted by molar-refractivity contribution is 0.734. The molecule has 0 saturated carbocycles. The number of aromatic nitrogens is 2. The largest absolute Gasteiger partial charge is 0.339 e. The summed E-state index contributed by atoms with van der Waals surface area (Å²) in [6.45, 7) is 1.65. The van der Waals surface area contributed by atoms with Gasteiger partial charge in [0.25, 0.3) is 0 Å². The average Bonchev–Trinajstić information content (AvgIpc) is 3.61. The molecule has 3 heterocycles. The van der Waals surface area contributed by atoms with Crippen molar-refractivity contribution >= 4 is 66.7 Å². The molecule has 216 valence electrons. The van der Waals surface area contributed by atoms with Crippen LogP contribution in [0.5, 0.6) is 0 Å². The van der Waals surface area contributed by atoms with E-state index in [2.05, 4.69) is 117 Å². The van der Waals surface area contributed by atoms with Crippen LogP contribution in [0.15, 0.2) is 137 Å². The summed E-state index contributed by atoms with van der Waals surface area (Å²) >= 11 is 1.84. The zero-order chi connectivity index (χ0) is 30.8. The quantitative estimate of drug-likeness (QED) is 0.200. The molecule has 0 spiro atoms. The maximum absolute atomic E-state index is 9.62. The number of fused-ring (bicyclic) bond motifs is 8. The Morgan fingerprint density at radius 3 is 1.70 bits per heavy atom. The predicted octanol–water partition coefficient (Wildman–Crippen LogP) is 9.94. The maximum Gasteiger partial charge on any atom is 0.0991 e. The minimum Gasteiger partial charge on any atom is -0.339 e. The van der Waals surface area contributed by atoms with Crippen molar-refractivity contribution in [2.24, 2.45) is 0 Å². The molecule has 0 amide bonds. The van der Waals surface area contributed by atoms with Crippen molar-refractivity contribution in [3.63, 3.8) is 0 Å². The van der Waals surface area contributed by atoms with Crippen LogP contribution in [0.4, 0.5) is 11.4 Å². The van der Waals surface area contributed by atoms with Gasteiger partial charge in [-0.2, -0.15) is 10.5 Å². The van der Waals surface area contributed by atoms with E-state index in [0.29, 0.717) is 11.1 Å². The third kappa shape index (κ3) is 3.95. The van der Waals surface area contributed by atoms with E-state index >= 15 is 0 Å². The molecule has 0 saturated heterocycles. The molecule has 8 aromatic rings. The van der Waals surface area contributed by atoms with E-state index in [4.69, 9.17) is 0 Å². The Labute approximate surface area is 269 Å². The summed E-state index contributed by atoms with van der Waals surface area (Å²) in [7, 11) is 0. The first-order valence-corrected chi connectivity index (χ1v) is 16.1. The molecule has 0 atom stereocenters. The van der Waals surface area contributed by atoms with E-state index in [-0.39, 0.29) is 0 Å². The Balaban J connectivity index is 1.19. The van der Waals surface area contributed by atoms with Gasteiger partial charge in [-0.1, -0.05) is 54.2 Å². The van der Waals surface area contributed by atoms with Gasteiger partial charge in [-0.05, 0) is 84.9 Å². The molecule has 9 rings (SSSR count). The number of benzene rings is 6. The first kappa shape index (κ1) is 26.5. The van der Waals surface area contributed by atoms with Crippen LogP contribution in [-0.2, 0) is 6.54 Å². The van der Waals surface area contributed by atoms with Gasteiger partial charge in [0.2, 0.25) is 0 Å². The van der Waals surface area contributed by atoms with Gasteiger partial charge in [-0.3, -0.25) is 0 Å². The van der Waals surface area contributed by atoms with Crippen LogP contribution in [0.1, 0.15) is 11.1 Å². The smallest absolute Gasteiger partial charge is 0.0991 e. The van der Waals surface area contributed by atoms with Gasteiger partial charge in [-0.25, -0.2) is 0 Å². The first-order chi connectivity index (χ1) is 22.7. The van der Waals surface area contributed by atoms with Crippen LogP contribution >= 0.6 is 11.8 Å². The summed E-state index contributed by atoms with van der Waals surface area (Å²) in [5.41, 5.74) is 9.16. The molecule has 0 aliphatic carbocycles. The highest BCUT2D eigenvalue weighted by Crippen LogP contribution is 2.48.